The number of hydrogen-bond acceptors (Lipinski definition) is 2. The van der Waals surface area contributed by atoms with Crippen molar-refractivity contribution in [1.29, 1.82) is 0 Å². The third-order valence-electron chi connectivity index (χ3n) is 2.66. The lowest BCUT2D eigenvalue weighted by Gasteiger charge is -2.07. The Labute approximate surface area is 84.8 Å². The van der Waals surface area contributed by atoms with E-state index in [0.717, 1.165) is 32.3 Å². The molecule has 0 radical (unpaired) electrons. The molecule has 0 spiro atoms. The molecule has 0 saturated carbocycles. The van der Waals surface area contributed by atoms with E-state index in [-0.39, 0.29) is 5.60 Å². The van der Waals surface area contributed by atoms with E-state index in [0.29, 0.717) is 5.57 Å². The molecule has 3 heteroatoms. The first kappa shape index (κ1) is 11.2. The summed E-state index contributed by atoms with van der Waals surface area (Å²) in [5.74, 6) is -0.837. The third kappa shape index (κ3) is 3.14. The molecule has 1 aliphatic heterocycles. The Hall–Kier alpha value is -0.830. The molecule has 3 nitrogen and oxygen atoms in total. The number of aliphatic carboxylic acids is 1. The largest absolute Gasteiger partial charge is 0.478 e. The predicted octanol–water partition coefficient (Wildman–Crippen LogP) is 2.37. The summed E-state index contributed by atoms with van der Waals surface area (Å²) in [6, 6.07) is 0. The molecule has 1 saturated heterocycles. The second-order valence-electron chi connectivity index (χ2n) is 3.97. The highest BCUT2D eigenvalue weighted by atomic mass is 16.6. The molecule has 0 aromatic carbocycles. The number of epoxide rings is 1. The summed E-state index contributed by atoms with van der Waals surface area (Å²) in [7, 11) is 0. The van der Waals surface area contributed by atoms with Gasteiger partial charge in [-0.25, -0.2) is 4.79 Å². The van der Waals surface area contributed by atoms with Gasteiger partial charge in [-0.1, -0.05) is 25.8 Å². The van der Waals surface area contributed by atoms with Crippen LogP contribution in [0.4, 0.5) is 0 Å². The van der Waals surface area contributed by atoms with E-state index in [9.17, 15) is 4.79 Å². The van der Waals surface area contributed by atoms with Gasteiger partial charge in [-0.15, -0.1) is 0 Å². The summed E-state index contributed by atoms with van der Waals surface area (Å²) in [5.41, 5.74) is 0.392. The molecular weight excluding hydrogens is 180 g/mol. The Balaban J connectivity index is 2.36. The second kappa shape index (κ2) is 4.60. The van der Waals surface area contributed by atoms with E-state index in [1.165, 1.54) is 0 Å². The molecule has 1 rings (SSSR count). The molecule has 0 bridgehead atoms. The fourth-order valence-corrected chi connectivity index (χ4v) is 1.39. The first-order valence-corrected chi connectivity index (χ1v) is 5.14. The zero-order valence-electron chi connectivity index (χ0n) is 8.88. The van der Waals surface area contributed by atoms with Crippen molar-refractivity contribution in [3.63, 3.8) is 0 Å². The molecule has 0 aromatic rings. The Morgan fingerprint density at radius 3 is 2.71 bits per heavy atom. The van der Waals surface area contributed by atoms with Gasteiger partial charge < -0.3 is 9.84 Å². The van der Waals surface area contributed by atoms with Gasteiger partial charge in [0.2, 0.25) is 0 Å². The SMILES string of the molecule is CCCCC1(C/C=C(\C)C(=O)O)CO1. The van der Waals surface area contributed by atoms with Crippen molar-refractivity contribution in [2.45, 2.75) is 45.1 Å². The van der Waals surface area contributed by atoms with Crippen molar-refractivity contribution < 1.29 is 14.6 Å². The normalized spacial score (nSPS) is 26.3. The van der Waals surface area contributed by atoms with Crippen LogP contribution in [0.15, 0.2) is 11.6 Å². The lowest BCUT2D eigenvalue weighted by atomic mass is 9.98. The highest BCUT2D eigenvalue weighted by Gasteiger charge is 2.42. The molecule has 1 unspecified atom stereocenters. The first-order valence-electron chi connectivity index (χ1n) is 5.14. The quantitative estimate of drug-likeness (QED) is 0.526. The first-order chi connectivity index (χ1) is 6.59. The van der Waals surface area contributed by atoms with E-state index >= 15 is 0 Å². The highest BCUT2D eigenvalue weighted by Crippen LogP contribution is 2.36. The van der Waals surface area contributed by atoms with E-state index in [1.807, 2.05) is 0 Å². The van der Waals surface area contributed by atoms with E-state index in [1.54, 1.807) is 13.0 Å². The molecule has 0 aliphatic carbocycles. The molecule has 1 N–H and O–H groups in total. The predicted molar refractivity (Wildman–Crippen MR) is 54.2 cm³/mol. The number of carboxylic acids is 1. The Bertz CT molecular complexity index is 239. The molecule has 1 atom stereocenters. The second-order valence-corrected chi connectivity index (χ2v) is 3.97. The van der Waals surface area contributed by atoms with Gasteiger partial charge >= 0.3 is 5.97 Å². The molecule has 0 amide bonds. The third-order valence-corrected chi connectivity index (χ3v) is 2.66. The maximum atomic E-state index is 10.5. The van der Waals surface area contributed by atoms with Crippen molar-refractivity contribution in [3.8, 4) is 0 Å². The topological polar surface area (TPSA) is 49.8 Å². The summed E-state index contributed by atoms with van der Waals surface area (Å²) >= 11 is 0. The summed E-state index contributed by atoms with van der Waals surface area (Å²) < 4.78 is 5.39. The number of carbonyl (C=O) groups is 1. The van der Waals surface area contributed by atoms with Gasteiger partial charge in [-0.05, 0) is 19.8 Å². The van der Waals surface area contributed by atoms with Crippen molar-refractivity contribution in [2.24, 2.45) is 0 Å². The van der Waals surface area contributed by atoms with Gasteiger partial charge in [0.25, 0.3) is 0 Å². The summed E-state index contributed by atoms with van der Waals surface area (Å²) in [4.78, 5) is 10.5. The Kier molecular flexibility index (Phi) is 3.69. The molecule has 14 heavy (non-hydrogen) atoms. The van der Waals surface area contributed by atoms with Crippen LogP contribution in [-0.4, -0.2) is 23.3 Å². The zero-order chi connectivity index (χ0) is 10.6. The molecular formula is C11H18O3. The number of hydrogen-bond donors (Lipinski definition) is 1. The number of ether oxygens (including phenoxy) is 1. The fourth-order valence-electron chi connectivity index (χ4n) is 1.39. The average Bonchev–Trinajstić information content (AvgIpc) is 2.92. The molecule has 80 valence electrons. The van der Waals surface area contributed by atoms with Gasteiger partial charge in [0.15, 0.2) is 0 Å². The van der Waals surface area contributed by atoms with Crippen LogP contribution in [-0.2, 0) is 9.53 Å². The van der Waals surface area contributed by atoms with Crippen LogP contribution < -0.4 is 0 Å². The van der Waals surface area contributed by atoms with Crippen LogP contribution in [0, 0.1) is 0 Å². The highest BCUT2D eigenvalue weighted by molar-refractivity contribution is 5.85. The van der Waals surface area contributed by atoms with Crippen LogP contribution in [0.25, 0.3) is 0 Å². The van der Waals surface area contributed by atoms with Crippen LogP contribution in [0.2, 0.25) is 0 Å². The van der Waals surface area contributed by atoms with E-state index in [4.69, 9.17) is 9.84 Å². The lowest BCUT2D eigenvalue weighted by molar-refractivity contribution is -0.132. The standard InChI is InChI=1S/C11H18O3/c1-3-4-6-11(8-14-11)7-5-9(2)10(12)13/h5H,3-4,6-8H2,1-2H3,(H,12,13)/b9-5+. The summed E-state index contributed by atoms with van der Waals surface area (Å²) in [6.45, 7) is 4.56. The smallest absolute Gasteiger partial charge is 0.330 e. The Morgan fingerprint density at radius 2 is 2.29 bits per heavy atom. The fraction of sp³-hybridized carbons (Fsp3) is 0.727. The van der Waals surface area contributed by atoms with Gasteiger partial charge in [0.1, 0.15) is 0 Å². The summed E-state index contributed by atoms with van der Waals surface area (Å²) in [6.07, 6.45) is 5.87. The van der Waals surface area contributed by atoms with E-state index < -0.39 is 5.97 Å². The molecule has 1 aliphatic rings. The number of carboxylic acid groups (broad SMARTS) is 1. The number of unbranched alkanes of at least 4 members (excludes halogenated alkanes) is 1. The minimum atomic E-state index is -0.837. The van der Waals surface area contributed by atoms with E-state index in [2.05, 4.69) is 6.92 Å². The van der Waals surface area contributed by atoms with Crippen molar-refractivity contribution >= 4 is 5.97 Å². The van der Waals surface area contributed by atoms with Gasteiger partial charge in [-0.3, -0.25) is 0 Å². The maximum absolute atomic E-state index is 10.5. The van der Waals surface area contributed by atoms with Crippen molar-refractivity contribution in [1.82, 2.24) is 0 Å². The van der Waals surface area contributed by atoms with Gasteiger partial charge in [0, 0.05) is 5.57 Å². The van der Waals surface area contributed by atoms with Crippen LogP contribution >= 0.6 is 0 Å². The molecule has 0 aromatic heterocycles. The van der Waals surface area contributed by atoms with Crippen LogP contribution in [0.3, 0.4) is 0 Å². The summed E-state index contributed by atoms with van der Waals surface area (Å²) in [5, 5.41) is 8.67. The van der Waals surface area contributed by atoms with Crippen LogP contribution in [0.5, 0.6) is 0 Å². The van der Waals surface area contributed by atoms with Crippen molar-refractivity contribution in [3.05, 3.63) is 11.6 Å². The Morgan fingerprint density at radius 1 is 1.64 bits per heavy atom. The zero-order valence-corrected chi connectivity index (χ0v) is 8.88. The lowest BCUT2D eigenvalue weighted by Crippen LogP contribution is -2.10. The minimum Gasteiger partial charge on any atom is -0.478 e. The minimum absolute atomic E-state index is 0.0211. The van der Waals surface area contributed by atoms with Crippen LogP contribution in [0.1, 0.15) is 39.5 Å². The average molecular weight is 198 g/mol. The number of rotatable bonds is 6. The van der Waals surface area contributed by atoms with Crippen molar-refractivity contribution in [2.75, 3.05) is 6.61 Å². The van der Waals surface area contributed by atoms with Gasteiger partial charge in [0.05, 0.1) is 12.2 Å². The maximum Gasteiger partial charge on any atom is 0.330 e. The molecule has 1 heterocycles. The monoisotopic (exact) mass is 198 g/mol. The van der Waals surface area contributed by atoms with Gasteiger partial charge in [-0.2, -0.15) is 0 Å². The molecule has 1 fully saturated rings.